The number of hydrazone groups is 1. The molecule has 0 bridgehead atoms. The predicted molar refractivity (Wildman–Crippen MR) is 88.4 cm³/mol. The fraction of sp³-hybridized carbons (Fsp3) is 0.786. The first-order valence-corrected chi connectivity index (χ1v) is 9.72. The average molecular weight is 437 g/mol. The van der Waals surface area contributed by atoms with Crippen molar-refractivity contribution in [1.82, 2.24) is 5.01 Å². The molecule has 0 saturated heterocycles. The Bertz CT molecular complexity index is 762. The zero-order valence-electron chi connectivity index (χ0n) is 15.6. The second-order valence-corrected chi connectivity index (χ2v) is 8.83. The van der Waals surface area contributed by atoms with Gasteiger partial charge in [0.05, 0.1) is 0 Å². The minimum Gasteiger partial charge on any atom is -0.389 e. The minimum atomic E-state index is -4.98. The lowest BCUT2D eigenvalue weighted by atomic mass is 10.1. The van der Waals surface area contributed by atoms with Gasteiger partial charge in [-0.1, -0.05) is 5.16 Å². The first-order valence-electron chi connectivity index (χ1n) is 7.83. The number of ether oxygens (including phenoxy) is 1. The lowest BCUT2D eigenvalue weighted by Crippen LogP contribution is -2.42. The van der Waals surface area contributed by atoms with Crippen LogP contribution in [0.5, 0.6) is 0 Å². The van der Waals surface area contributed by atoms with Crippen molar-refractivity contribution in [3.8, 4) is 0 Å². The first kappa shape index (κ1) is 24.2. The Labute approximate surface area is 158 Å². The highest BCUT2D eigenvalue weighted by atomic mass is 32.2. The SMILES string of the molecule is CC(C)N1N=C(C(F)(F)F)C(=O)C1OC(F)F.CC1(C)CC(S(C)(=O)=O)=NO1. The summed E-state index contributed by atoms with van der Waals surface area (Å²) in [6.45, 7) is 3.05. The smallest absolute Gasteiger partial charge is 0.389 e. The van der Waals surface area contributed by atoms with Crippen molar-refractivity contribution in [3.63, 3.8) is 0 Å². The van der Waals surface area contributed by atoms with Crippen LogP contribution in [0.3, 0.4) is 0 Å². The van der Waals surface area contributed by atoms with Gasteiger partial charge in [-0.15, -0.1) is 0 Å². The summed E-state index contributed by atoms with van der Waals surface area (Å²) in [5.74, 6) is -1.61. The van der Waals surface area contributed by atoms with Gasteiger partial charge in [0.1, 0.15) is 5.60 Å². The van der Waals surface area contributed by atoms with Gasteiger partial charge in [0, 0.05) is 18.7 Å². The van der Waals surface area contributed by atoms with Crippen molar-refractivity contribution < 1.29 is 44.7 Å². The van der Waals surface area contributed by atoms with Gasteiger partial charge >= 0.3 is 12.8 Å². The summed E-state index contributed by atoms with van der Waals surface area (Å²) in [5.41, 5.74) is -2.19. The third-order valence-corrected chi connectivity index (χ3v) is 4.42. The van der Waals surface area contributed by atoms with Crippen LogP contribution in [0, 0.1) is 0 Å². The molecule has 0 spiro atoms. The molecule has 0 radical (unpaired) electrons. The first-order chi connectivity index (χ1) is 12.5. The summed E-state index contributed by atoms with van der Waals surface area (Å²) >= 11 is 0. The molecule has 162 valence electrons. The van der Waals surface area contributed by atoms with Gasteiger partial charge in [-0.05, 0) is 27.7 Å². The Balaban J connectivity index is 0.000000307. The highest BCUT2D eigenvalue weighted by Crippen LogP contribution is 2.28. The monoisotopic (exact) mass is 437 g/mol. The van der Waals surface area contributed by atoms with E-state index in [2.05, 4.69) is 15.0 Å². The van der Waals surface area contributed by atoms with Crippen LogP contribution < -0.4 is 0 Å². The molecular weight excluding hydrogens is 417 g/mol. The van der Waals surface area contributed by atoms with Crippen LogP contribution in [0.15, 0.2) is 10.3 Å². The molecule has 1 unspecified atom stereocenters. The topological polar surface area (TPSA) is 97.6 Å². The quantitative estimate of drug-likeness (QED) is 0.629. The zero-order valence-corrected chi connectivity index (χ0v) is 16.4. The summed E-state index contributed by atoms with van der Waals surface area (Å²) in [7, 11) is -3.15. The number of ketones is 1. The third-order valence-electron chi connectivity index (χ3n) is 3.34. The van der Waals surface area contributed by atoms with E-state index in [1.54, 1.807) is 13.8 Å². The number of sulfone groups is 1. The van der Waals surface area contributed by atoms with Crippen molar-refractivity contribution in [1.29, 1.82) is 0 Å². The molecule has 2 rings (SSSR count). The van der Waals surface area contributed by atoms with Crippen LogP contribution in [0.2, 0.25) is 0 Å². The summed E-state index contributed by atoms with van der Waals surface area (Å²) in [6.07, 6.45) is -5.50. The molecule has 28 heavy (non-hydrogen) atoms. The molecule has 0 aromatic rings. The molecule has 1 atom stereocenters. The highest BCUT2D eigenvalue weighted by molar-refractivity contribution is 8.05. The number of alkyl halides is 5. The molecule has 0 saturated carbocycles. The largest absolute Gasteiger partial charge is 0.438 e. The molecule has 0 aliphatic carbocycles. The van der Waals surface area contributed by atoms with Crippen LogP contribution in [-0.4, -0.2) is 66.9 Å². The molecule has 0 aromatic carbocycles. The second kappa shape index (κ2) is 8.27. The number of oxime groups is 1. The van der Waals surface area contributed by atoms with Crippen molar-refractivity contribution in [3.05, 3.63) is 0 Å². The van der Waals surface area contributed by atoms with Crippen molar-refractivity contribution in [2.24, 2.45) is 10.3 Å². The Morgan fingerprint density at radius 1 is 1.29 bits per heavy atom. The van der Waals surface area contributed by atoms with Gasteiger partial charge < -0.3 is 4.84 Å². The van der Waals surface area contributed by atoms with Gasteiger partial charge in [-0.3, -0.25) is 14.5 Å². The van der Waals surface area contributed by atoms with Crippen molar-refractivity contribution >= 4 is 26.4 Å². The van der Waals surface area contributed by atoms with E-state index in [0.29, 0.717) is 11.4 Å². The summed E-state index contributed by atoms with van der Waals surface area (Å²) in [4.78, 5) is 16.1. The van der Waals surface area contributed by atoms with Crippen molar-refractivity contribution in [2.75, 3.05) is 6.26 Å². The number of carbonyl (C=O) groups is 1. The predicted octanol–water partition coefficient (Wildman–Crippen LogP) is 2.31. The number of carbonyl (C=O) groups excluding carboxylic acids is 1. The maximum absolute atomic E-state index is 12.3. The Kier molecular flexibility index (Phi) is 7.15. The number of hydrogen-bond acceptors (Lipinski definition) is 8. The molecule has 14 heteroatoms. The lowest BCUT2D eigenvalue weighted by Gasteiger charge is -2.25. The zero-order chi connectivity index (χ0) is 22.1. The fourth-order valence-corrected chi connectivity index (χ4v) is 2.84. The van der Waals surface area contributed by atoms with E-state index < -0.39 is 52.0 Å². The van der Waals surface area contributed by atoms with Crippen LogP contribution in [0.25, 0.3) is 0 Å². The normalized spacial score (nSPS) is 22.1. The average Bonchev–Trinajstić information content (AvgIpc) is 2.99. The molecule has 0 fully saturated rings. The second-order valence-electron chi connectivity index (χ2n) is 6.82. The number of Topliss-reactive ketones (excluding diaryl/α,β-unsaturated/α-hetero) is 1. The van der Waals surface area contributed by atoms with Crippen molar-refractivity contribution in [2.45, 2.75) is 64.8 Å². The van der Waals surface area contributed by atoms with E-state index in [0.717, 1.165) is 6.26 Å². The number of rotatable bonds is 3. The van der Waals surface area contributed by atoms with Crippen LogP contribution in [0.4, 0.5) is 22.0 Å². The standard InChI is InChI=1S/C8H9F5N2O2.C6H11NO3S/c1-3(2)15-6(17-7(9)10)4(16)5(14-15)8(11,12)13;1-6(2)4-5(7-10-6)11(3,8)9/h3,6-7H,1-2H3;4H2,1-3H3. The van der Waals surface area contributed by atoms with Gasteiger partial charge in [-0.25, -0.2) is 8.42 Å². The van der Waals surface area contributed by atoms with E-state index in [1.165, 1.54) is 13.8 Å². The van der Waals surface area contributed by atoms with E-state index >= 15 is 0 Å². The number of hydrogen-bond donors (Lipinski definition) is 0. The third kappa shape index (κ3) is 6.36. The Morgan fingerprint density at radius 3 is 2.11 bits per heavy atom. The maximum atomic E-state index is 12.3. The summed E-state index contributed by atoms with van der Waals surface area (Å²) < 4.78 is 86.7. The van der Waals surface area contributed by atoms with Crippen LogP contribution >= 0.6 is 0 Å². The van der Waals surface area contributed by atoms with E-state index in [1.807, 2.05) is 0 Å². The number of nitrogens with zero attached hydrogens (tertiary/aromatic N) is 3. The van der Waals surface area contributed by atoms with E-state index in [9.17, 15) is 35.2 Å². The molecule has 2 aliphatic rings. The molecule has 0 amide bonds. The lowest BCUT2D eigenvalue weighted by molar-refractivity contribution is -0.202. The minimum absolute atomic E-state index is 0.141. The molecule has 0 aromatic heterocycles. The maximum Gasteiger partial charge on any atom is 0.438 e. The molecule has 2 aliphatic heterocycles. The molecule has 8 nitrogen and oxygen atoms in total. The van der Waals surface area contributed by atoms with Gasteiger partial charge in [0.25, 0.3) is 0 Å². The molecule has 0 N–H and O–H groups in total. The summed E-state index contributed by atoms with van der Waals surface area (Å²) in [5, 5.41) is 7.19. The number of halogens is 5. The van der Waals surface area contributed by atoms with Gasteiger partial charge in [0.2, 0.25) is 17.7 Å². The Hall–Kier alpha value is -1.83. The van der Waals surface area contributed by atoms with Crippen LogP contribution in [0.1, 0.15) is 34.1 Å². The van der Waals surface area contributed by atoms with Gasteiger partial charge in [-0.2, -0.15) is 27.1 Å². The summed E-state index contributed by atoms with van der Waals surface area (Å²) in [6, 6.07) is -0.678. The Morgan fingerprint density at radius 2 is 1.82 bits per heavy atom. The van der Waals surface area contributed by atoms with Gasteiger partial charge in [0.15, 0.2) is 14.9 Å². The van der Waals surface area contributed by atoms with Crippen LogP contribution in [-0.2, 0) is 24.2 Å². The molecule has 2 heterocycles. The van der Waals surface area contributed by atoms with E-state index in [-0.39, 0.29) is 5.04 Å². The van der Waals surface area contributed by atoms with E-state index in [4.69, 9.17) is 4.84 Å². The fourth-order valence-electron chi connectivity index (χ4n) is 2.06. The molecular formula is C14H20F5N3O5S. The highest BCUT2D eigenvalue weighted by Gasteiger charge is 2.51.